The van der Waals surface area contributed by atoms with Crippen LogP contribution in [0.25, 0.3) is 0 Å². The van der Waals surface area contributed by atoms with Gasteiger partial charge in [0.2, 0.25) is 0 Å². The zero-order valence-electron chi connectivity index (χ0n) is 13.4. The third-order valence-electron chi connectivity index (χ3n) is 3.28. The monoisotopic (exact) mass is 372 g/mol. The molecule has 3 nitrogen and oxygen atoms in total. The first kappa shape index (κ1) is 19.1. The van der Waals surface area contributed by atoms with Gasteiger partial charge < -0.3 is 9.47 Å². The van der Waals surface area contributed by atoms with E-state index in [9.17, 15) is 18.0 Å². The van der Waals surface area contributed by atoms with E-state index in [0.29, 0.717) is 18.8 Å². The number of carbonyl (C=O) groups excluding carboxylic acids is 1. The van der Waals surface area contributed by atoms with Crippen LogP contribution < -0.4 is 4.74 Å². The van der Waals surface area contributed by atoms with Gasteiger partial charge in [-0.25, -0.2) is 0 Å². The zero-order valence-corrected chi connectivity index (χ0v) is 14.2. The first-order valence-electron chi connectivity index (χ1n) is 7.58. The number of carbonyl (C=O) groups is 1. The van der Waals surface area contributed by atoms with Gasteiger partial charge in [0.25, 0.3) is 0 Å². The molecule has 2 rings (SSSR count). The van der Waals surface area contributed by atoms with Crippen LogP contribution in [-0.4, -0.2) is 12.6 Å². The molecule has 0 aliphatic carbocycles. The van der Waals surface area contributed by atoms with Gasteiger partial charge in [-0.3, -0.25) is 4.79 Å². The van der Waals surface area contributed by atoms with Crippen LogP contribution in [0.4, 0.5) is 13.2 Å². The van der Waals surface area contributed by atoms with Crippen molar-refractivity contribution in [2.24, 2.45) is 0 Å². The second-order valence-corrected chi connectivity index (χ2v) is 5.66. The highest BCUT2D eigenvalue weighted by molar-refractivity contribution is 6.30. The van der Waals surface area contributed by atoms with Crippen molar-refractivity contribution in [1.29, 1.82) is 0 Å². The molecule has 0 atom stereocenters. The smallest absolute Gasteiger partial charge is 0.416 e. The molecule has 0 saturated carbocycles. The van der Waals surface area contributed by atoms with E-state index in [1.165, 1.54) is 6.07 Å². The number of rotatable bonds is 6. The molecule has 0 amide bonds. The lowest BCUT2D eigenvalue weighted by molar-refractivity contribution is -0.143. The average Bonchev–Trinajstić information content (AvgIpc) is 2.53. The Morgan fingerprint density at radius 1 is 1.08 bits per heavy atom. The van der Waals surface area contributed by atoms with E-state index in [0.717, 1.165) is 17.7 Å². The molecular weight excluding hydrogens is 357 g/mol. The van der Waals surface area contributed by atoms with Crippen molar-refractivity contribution in [1.82, 2.24) is 0 Å². The van der Waals surface area contributed by atoms with Crippen LogP contribution in [0.5, 0.6) is 11.5 Å². The maximum absolute atomic E-state index is 12.8. The largest absolute Gasteiger partial charge is 0.466 e. The van der Waals surface area contributed by atoms with E-state index < -0.39 is 11.7 Å². The van der Waals surface area contributed by atoms with E-state index in [-0.39, 0.29) is 23.2 Å². The van der Waals surface area contributed by atoms with Gasteiger partial charge in [-0.2, -0.15) is 13.2 Å². The van der Waals surface area contributed by atoms with Crippen LogP contribution in [0.15, 0.2) is 42.5 Å². The van der Waals surface area contributed by atoms with Gasteiger partial charge in [-0.05, 0) is 49.2 Å². The molecule has 0 heterocycles. The van der Waals surface area contributed by atoms with E-state index in [1.807, 2.05) is 0 Å². The molecule has 0 aliphatic heterocycles. The summed E-state index contributed by atoms with van der Waals surface area (Å²) in [4.78, 5) is 11.3. The third kappa shape index (κ3) is 5.98. The topological polar surface area (TPSA) is 35.5 Å². The summed E-state index contributed by atoms with van der Waals surface area (Å²) in [6.07, 6.45) is -3.73. The van der Waals surface area contributed by atoms with Gasteiger partial charge in [-0.1, -0.05) is 23.7 Å². The number of hydrogen-bond acceptors (Lipinski definition) is 3. The number of aryl methyl sites for hydroxylation is 1. The Balaban J connectivity index is 2.04. The summed E-state index contributed by atoms with van der Waals surface area (Å²) in [6.45, 7) is 2.08. The number of ether oxygens (including phenoxy) is 2. The maximum Gasteiger partial charge on any atom is 0.416 e. The number of alkyl halides is 3. The van der Waals surface area contributed by atoms with E-state index in [4.69, 9.17) is 21.1 Å². The van der Waals surface area contributed by atoms with Crippen molar-refractivity contribution < 1.29 is 27.4 Å². The highest BCUT2D eigenvalue weighted by Gasteiger charge is 2.31. The molecule has 2 aromatic rings. The number of hydrogen-bond donors (Lipinski definition) is 0. The van der Waals surface area contributed by atoms with Gasteiger partial charge in [0.15, 0.2) is 0 Å². The standard InChI is InChI=1S/C18H16ClF3O3/c1-2-24-17(23)8-5-12-3-6-15(7-4-12)25-16-10-13(18(20,21)22)9-14(19)11-16/h3-4,6-7,9-11H,2,5,8H2,1H3. The predicted octanol–water partition coefficient (Wildman–Crippen LogP) is 5.65. The van der Waals surface area contributed by atoms with Crippen molar-refractivity contribution in [2.45, 2.75) is 25.9 Å². The minimum absolute atomic E-state index is 0.000835. The minimum Gasteiger partial charge on any atom is -0.466 e. The first-order chi connectivity index (χ1) is 11.8. The van der Waals surface area contributed by atoms with Gasteiger partial charge in [0, 0.05) is 11.4 Å². The normalized spacial score (nSPS) is 11.2. The van der Waals surface area contributed by atoms with Gasteiger partial charge in [0.05, 0.1) is 12.2 Å². The fraction of sp³-hybridized carbons (Fsp3) is 0.278. The molecular formula is C18H16ClF3O3. The fourth-order valence-electron chi connectivity index (χ4n) is 2.13. The molecule has 0 spiro atoms. The second-order valence-electron chi connectivity index (χ2n) is 5.22. The molecule has 0 saturated heterocycles. The van der Waals surface area contributed by atoms with Crippen LogP contribution in [0, 0.1) is 0 Å². The molecule has 0 bridgehead atoms. The van der Waals surface area contributed by atoms with Crippen molar-refractivity contribution in [3.63, 3.8) is 0 Å². The van der Waals surface area contributed by atoms with E-state index >= 15 is 0 Å². The summed E-state index contributed by atoms with van der Waals surface area (Å²) in [5, 5.41) is -0.0594. The Bertz CT molecular complexity index is 727. The van der Waals surface area contributed by atoms with Crippen molar-refractivity contribution >= 4 is 17.6 Å². The van der Waals surface area contributed by atoms with Crippen LogP contribution in [0.1, 0.15) is 24.5 Å². The molecule has 25 heavy (non-hydrogen) atoms. The Morgan fingerprint density at radius 3 is 2.36 bits per heavy atom. The number of benzene rings is 2. The molecule has 7 heteroatoms. The van der Waals surface area contributed by atoms with Gasteiger partial charge >= 0.3 is 12.1 Å². The van der Waals surface area contributed by atoms with Crippen molar-refractivity contribution in [3.05, 3.63) is 58.6 Å². The van der Waals surface area contributed by atoms with Gasteiger partial charge in [0.1, 0.15) is 11.5 Å². The Labute approximate surface area is 148 Å². The van der Waals surface area contributed by atoms with Crippen molar-refractivity contribution in [2.75, 3.05) is 6.61 Å². The van der Waals surface area contributed by atoms with Crippen LogP contribution in [0.2, 0.25) is 5.02 Å². The highest BCUT2D eigenvalue weighted by atomic mass is 35.5. The summed E-state index contributed by atoms with van der Waals surface area (Å²) < 4.78 is 48.7. The maximum atomic E-state index is 12.8. The molecule has 0 N–H and O–H groups in total. The summed E-state index contributed by atoms with van der Waals surface area (Å²) in [6, 6.07) is 9.76. The molecule has 0 unspecified atom stereocenters. The summed E-state index contributed by atoms with van der Waals surface area (Å²) in [7, 11) is 0. The summed E-state index contributed by atoms with van der Waals surface area (Å²) >= 11 is 5.72. The molecule has 0 aliphatic rings. The quantitative estimate of drug-likeness (QED) is 0.615. The lowest BCUT2D eigenvalue weighted by Gasteiger charge is -2.11. The Kier molecular flexibility index (Phi) is 6.31. The SMILES string of the molecule is CCOC(=O)CCc1ccc(Oc2cc(Cl)cc(C(F)(F)F)c2)cc1. The highest BCUT2D eigenvalue weighted by Crippen LogP contribution is 2.35. The third-order valence-corrected chi connectivity index (χ3v) is 3.50. The number of halogens is 4. The van der Waals surface area contributed by atoms with Crippen molar-refractivity contribution in [3.8, 4) is 11.5 Å². The summed E-state index contributed by atoms with van der Waals surface area (Å²) in [5.74, 6) is 0.0933. The predicted molar refractivity (Wildman–Crippen MR) is 87.9 cm³/mol. The molecule has 134 valence electrons. The average molecular weight is 373 g/mol. The second kappa shape index (κ2) is 8.25. The minimum atomic E-state index is -4.50. The van der Waals surface area contributed by atoms with E-state index in [2.05, 4.69) is 0 Å². The molecule has 2 aromatic carbocycles. The molecule has 0 radical (unpaired) electrons. The molecule has 0 aromatic heterocycles. The lowest BCUT2D eigenvalue weighted by atomic mass is 10.1. The summed E-state index contributed by atoms with van der Waals surface area (Å²) in [5.41, 5.74) is 0.0172. The van der Waals surface area contributed by atoms with Crippen LogP contribution >= 0.6 is 11.6 Å². The Morgan fingerprint density at radius 2 is 1.76 bits per heavy atom. The van der Waals surface area contributed by atoms with E-state index in [1.54, 1.807) is 31.2 Å². The molecule has 0 fully saturated rings. The van der Waals surface area contributed by atoms with Crippen LogP contribution in [0.3, 0.4) is 0 Å². The number of esters is 1. The van der Waals surface area contributed by atoms with Crippen LogP contribution in [-0.2, 0) is 22.1 Å². The zero-order chi connectivity index (χ0) is 18.4. The van der Waals surface area contributed by atoms with Gasteiger partial charge in [-0.15, -0.1) is 0 Å². The fourth-order valence-corrected chi connectivity index (χ4v) is 2.35. The Hall–Kier alpha value is -2.21. The first-order valence-corrected chi connectivity index (χ1v) is 7.96. The lowest BCUT2D eigenvalue weighted by Crippen LogP contribution is -2.05.